The molecule has 5 heteroatoms. The summed E-state index contributed by atoms with van der Waals surface area (Å²) in [4.78, 5) is 10.7. The van der Waals surface area contributed by atoms with Gasteiger partial charge in [0.2, 0.25) is 0 Å². The van der Waals surface area contributed by atoms with E-state index in [4.69, 9.17) is 10.5 Å². The summed E-state index contributed by atoms with van der Waals surface area (Å²) in [5.41, 5.74) is 8.47. The predicted octanol–water partition coefficient (Wildman–Crippen LogP) is 3.07. The second-order valence-corrected chi connectivity index (χ2v) is 4.90. The fourth-order valence-corrected chi connectivity index (χ4v) is 2.01. The number of hydrogen-bond donors (Lipinski definition) is 1. The molecule has 0 saturated heterocycles. The maximum Gasteiger partial charge on any atom is 0.263 e. The van der Waals surface area contributed by atoms with Crippen LogP contribution in [-0.2, 0) is 0 Å². The molecule has 0 spiro atoms. The van der Waals surface area contributed by atoms with Crippen LogP contribution in [0.5, 0.6) is 11.6 Å². The third-order valence-corrected chi connectivity index (χ3v) is 3.11. The van der Waals surface area contributed by atoms with Crippen molar-refractivity contribution in [2.75, 3.05) is 24.7 Å². The number of ether oxygens (including phenoxy) is 1. The molecule has 0 amide bonds. The molecule has 0 bridgehead atoms. The van der Waals surface area contributed by atoms with Gasteiger partial charge >= 0.3 is 0 Å². The molecule has 0 aliphatic heterocycles. The number of anilines is 2. The quantitative estimate of drug-likeness (QED) is 0.798. The molecule has 0 saturated carbocycles. The number of nitrogen functional groups attached to an aromatic ring is 1. The molecule has 0 fully saturated rings. The number of hydrogen-bond acceptors (Lipinski definition) is 5. The topological polar surface area (TPSA) is 64.3 Å². The first-order valence-electron chi connectivity index (χ1n) is 6.61. The zero-order chi connectivity index (χ0) is 14.8. The summed E-state index contributed by atoms with van der Waals surface area (Å²) in [6.45, 7) is 0. The van der Waals surface area contributed by atoms with Crippen LogP contribution in [0.15, 0.2) is 48.5 Å². The van der Waals surface area contributed by atoms with Gasteiger partial charge in [0.15, 0.2) is 5.82 Å². The highest BCUT2D eigenvalue weighted by Crippen LogP contribution is 2.28. The van der Waals surface area contributed by atoms with Crippen LogP contribution in [0, 0.1) is 0 Å². The number of aromatic nitrogens is 2. The first kappa shape index (κ1) is 13.2. The van der Waals surface area contributed by atoms with Crippen LogP contribution in [0.2, 0.25) is 0 Å². The number of benzene rings is 2. The molecule has 3 aromatic rings. The summed E-state index contributed by atoms with van der Waals surface area (Å²) in [5.74, 6) is 1.28. The minimum atomic E-state index is 0.281. The van der Waals surface area contributed by atoms with E-state index >= 15 is 0 Å². The van der Waals surface area contributed by atoms with E-state index in [-0.39, 0.29) is 5.82 Å². The zero-order valence-corrected chi connectivity index (χ0v) is 11.9. The maximum absolute atomic E-state index is 5.92. The van der Waals surface area contributed by atoms with Gasteiger partial charge in [0.1, 0.15) is 5.75 Å². The predicted molar refractivity (Wildman–Crippen MR) is 84.8 cm³/mol. The summed E-state index contributed by atoms with van der Waals surface area (Å²) < 4.78 is 5.78. The van der Waals surface area contributed by atoms with Crippen molar-refractivity contribution in [2.24, 2.45) is 0 Å². The van der Waals surface area contributed by atoms with Gasteiger partial charge in [0, 0.05) is 25.8 Å². The smallest absolute Gasteiger partial charge is 0.263 e. The summed E-state index contributed by atoms with van der Waals surface area (Å²) in [6.07, 6.45) is 0. The average molecular weight is 280 g/mol. The highest BCUT2D eigenvalue weighted by atomic mass is 16.5. The fraction of sp³-hybridized carbons (Fsp3) is 0.125. The number of rotatable bonds is 3. The second-order valence-electron chi connectivity index (χ2n) is 4.90. The summed E-state index contributed by atoms with van der Waals surface area (Å²) in [7, 11) is 3.95. The van der Waals surface area contributed by atoms with E-state index in [0.717, 1.165) is 16.7 Å². The summed E-state index contributed by atoms with van der Waals surface area (Å²) in [6, 6.07) is 15.3. The average Bonchev–Trinajstić information content (AvgIpc) is 2.48. The number of nitrogens with zero attached hydrogens (tertiary/aromatic N) is 3. The van der Waals surface area contributed by atoms with Crippen molar-refractivity contribution in [1.82, 2.24) is 9.97 Å². The van der Waals surface area contributed by atoms with Crippen molar-refractivity contribution in [3.63, 3.8) is 0 Å². The third-order valence-electron chi connectivity index (χ3n) is 3.11. The van der Waals surface area contributed by atoms with Gasteiger partial charge in [-0.15, -0.1) is 0 Å². The SMILES string of the molecule is CN(C)c1cccc(Oc2nc3ccccc3nc2N)c1. The van der Waals surface area contributed by atoms with Crippen LogP contribution in [0.4, 0.5) is 11.5 Å². The largest absolute Gasteiger partial charge is 0.436 e. The first-order chi connectivity index (χ1) is 10.1. The Labute approximate surface area is 123 Å². The lowest BCUT2D eigenvalue weighted by atomic mass is 10.3. The number of nitrogens with two attached hydrogens (primary N) is 1. The normalized spacial score (nSPS) is 10.6. The van der Waals surface area contributed by atoms with E-state index in [9.17, 15) is 0 Å². The zero-order valence-electron chi connectivity index (χ0n) is 11.9. The van der Waals surface area contributed by atoms with Gasteiger partial charge in [0.25, 0.3) is 5.88 Å². The Bertz CT molecular complexity index is 786. The molecule has 0 unspecified atom stereocenters. The highest BCUT2D eigenvalue weighted by Gasteiger charge is 2.08. The van der Waals surface area contributed by atoms with Gasteiger partial charge in [-0.25, -0.2) is 9.97 Å². The fourth-order valence-electron chi connectivity index (χ4n) is 2.01. The van der Waals surface area contributed by atoms with Gasteiger partial charge < -0.3 is 15.4 Å². The minimum Gasteiger partial charge on any atom is -0.436 e. The van der Waals surface area contributed by atoms with Crippen LogP contribution >= 0.6 is 0 Å². The van der Waals surface area contributed by atoms with E-state index in [2.05, 4.69) is 9.97 Å². The third kappa shape index (κ3) is 2.72. The Hall–Kier alpha value is -2.82. The molecule has 2 aromatic carbocycles. The van der Waals surface area contributed by atoms with E-state index in [0.29, 0.717) is 11.6 Å². The highest BCUT2D eigenvalue weighted by molar-refractivity contribution is 5.76. The Balaban J connectivity index is 1.97. The maximum atomic E-state index is 5.92. The summed E-state index contributed by atoms with van der Waals surface area (Å²) >= 11 is 0. The Morgan fingerprint density at radius 1 is 0.952 bits per heavy atom. The van der Waals surface area contributed by atoms with Crippen molar-refractivity contribution in [2.45, 2.75) is 0 Å². The molecule has 2 N–H and O–H groups in total. The molecule has 0 atom stereocenters. The molecule has 0 aliphatic rings. The molecular formula is C16H16N4O. The van der Waals surface area contributed by atoms with Gasteiger partial charge in [-0.2, -0.15) is 0 Å². The lowest BCUT2D eigenvalue weighted by molar-refractivity contribution is 0.466. The van der Waals surface area contributed by atoms with E-state index < -0.39 is 0 Å². The molecule has 1 aromatic heterocycles. The van der Waals surface area contributed by atoms with Crippen LogP contribution in [-0.4, -0.2) is 24.1 Å². The number of para-hydroxylation sites is 2. The van der Waals surface area contributed by atoms with E-state index in [1.807, 2.05) is 67.5 Å². The van der Waals surface area contributed by atoms with Crippen molar-refractivity contribution < 1.29 is 4.74 Å². The molecule has 0 aliphatic carbocycles. The van der Waals surface area contributed by atoms with Crippen molar-refractivity contribution >= 4 is 22.5 Å². The Morgan fingerprint density at radius 3 is 2.38 bits per heavy atom. The Kier molecular flexibility index (Phi) is 3.31. The standard InChI is InChI=1S/C16H16N4O/c1-20(2)11-6-5-7-12(10-11)21-16-15(17)18-13-8-3-4-9-14(13)19-16/h3-10H,1-2H3,(H2,17,18). The van der Waals surface area contributed by atoms with Crippen LogP contribution in [0.3, 0.4) is 0 Å². The van der Waals surface area contributed by atoms with Crippen molar-refractivity contribution in [3.8, 4) is 11.6 Å². The van der Waals surface area contributed by atoms with Gasteiger partial charge in [0.05, 0.1) is 11.0 Å². The van der Waals surface area contributed by atoms with Gasteiger partial charge in [-0.05, 0) is 24.3 Å². The van der Waals surface area contributed by atoms with Crippen LogP contribution in [0.25, 0.3) is 11.0 Å². The van der Waals surface area contributed by atoms with Crippen molar-refractivity contribution in [3.05, 3.63) is 48.5 Å². The minimum absolute atomic E-state index is 0.281. The van der Waals surface area contributed by atoms with Crippen molar-refractivity contribution in [1.29, 1.82) is 0 Å². The lowest BCUT2D eigenvalue weighted by Crippen LogP contribution is -2.08. The van der Waals surface area contributed by atoms with Gasteiger partial charge in [-0.3, -0.25) is 0 Å². The molecule has 106 valence electrons. The van der Waals surface area contributed by atoms with E-state index in [1.54, 1.807) is 0 Å². The first-order valence-corrected chi connectivity index (χ1v) is 6.61. The van der Waals surface area contributed by atoms with E-state index in [1.165, 1.54) is 0 Å². The monoisotopic (exact) mass is 280 g/mol. The Morgan fingerprint density at radius 2 is 1.67 bits per heavy atom. The lowest BCUT2D eigenvalue weighted by Gasteiger charge is -2.14. The summed E-state index contributed by atoms with van der Waals surface area (Å²) in [5, 5.41) is 0. The van der Waals surface area contributed by atoms with Crippen LogP contribution < -0.4 is 15.4 Å². The molecular weight excluding hydrogens is 264 g/mol. The van der Waals surface area contributed by atoms with Gasteiger partial charge in [-0.1, -0.05) is 18.2 Å². The number of fused-ring (bicyclic) bond motifs is 1. The molecule has 1 heterocycles. The van der Waals surface area contributed by atoms with Crippen LogP contribution in [0.1, 0.15) is 0 Å². The molecule has 3 rings (SSSR count). The molecule has 5 nitrogen and oxygen atoms in total. The second kappa shape index (κ2) is 5.28. The molecule has 21 heavy (non-hydrogen) atoms. The molecule has 0 radical (unpaired) electrons.